The van der Waals surface area contributed by atoms with Gasteiger partial charge < -0.3 is 4.98 Å². The monoisotopic (exact) mass is 278 g/mol. The Kier molecular flexibility index (Phi) is 3.51. The molecule has 2 rings (SSSR count). The lowest BCUT2D eigenvalue weighted by molar-refractivity contribution is 1.08. The molecule has 6 nitrogen and oxygen atoms in total. The van der Waals surface area contributed by atoms with Crippen molar-refractivity contribution in [1.29, 1.82) is 10.5 Å². The molecule has 0 atom stereocenters. The number of hydrogen-bond donors (Lipinski definition) is 2. The summed E-state index contributed by atoms with van der Waals surface area (Å²) in [5, 5.41) is 17.6. The summed E-state index contributed by atoms with van der Waals surface area (Å²) < 4.78 is 0.973. The molecule has 0 aliphatic carbocycles. The molecule has 0 aromatic carbocycles. The van der Waals surface area contributed by atoms with Crippen LogP contribution in [0.4, 0.5) is 0 Å². The van der Waals surface area contributed by atoms with Gasteiger partial charge in [0.1, 0.15) is 16.3 Å². The van der Waals surface area contributed by atoms with Gasteiger partial charge in [-0.05, 0) is 0 Å². The number of thiophene rings is 1. The summed E-state index contributed by atoms with van der Waals surface area (Å²) in [5.74, 6) is 0.542. The quantitative estimate of drug-likeness (QED) is 0.646. The van der Waals surface area contributed by atoms with Crippen molar-refractivity contribution in [1.82, 2.24) is 9.97 Å². The molecule has 18 heavy (non-hydrogen) atoms. The third-order valence-corrected chi connectivity index (χ3v) is 4.57. The molecule has 0 bridgehead atoms. The van der Waals surface area contributed by atoms with E-state index in [2.05, 4.69) is 9.97 Å². The van der Waals surface area contributed by atoms with Gasteiger partial charge in [0.15, 0.2) is 0 Å². The first-order valence-electron chi connectivity index (χ1n) is 4.86. The number of aromatic amines is 2. The average molecular weight is 278 g/mol. The van der Waals surface area contributed by atoms with Crippen LogP contribution in [0.25, 0.3) is 10.2 Å². The van der Waals surface area contributed by atoms with E-state index >= 15 is 0 Å². The van der Waals surface area contributed by atoms with Gasteiger partial charge >= 0.3 is 5.69 Å². The Balaban J connectivity index is 2.60. The van der Waals surface area contributed by atoms with E-state index in [0.717, 1.165) is 11.3 Å². The molecule has 0 spiro atoms. The Morgan fingerprint density at radius 3 is 2.72 bits per heavy atom. The molecule has 90 valence electrons. The highest BCUT2D eigenvalue weighted by Crippen LogP contribution is 2.34. The van der Waals surface area contributed by atoms with Gasteiger partial charge in [-0.2, -0.15) is 10.5 Å². The number of H-pyrrole nitrogens is 2. The first kappa shape index (κ1) is 12.4. The number of nitrogens with one attached hydrogen (secondary N) is 2. The van der Waals surface area contributed by atoms with Crippen LogP contribution in [-0.2, 0) is 0 Å². The van der Waals surface area contributed by atoms with Crippen LogP contribution >= 0.6 is 23.1 Å². The highest BCUT2D eigenvalue weighted by Gasteiger charge is 2.15. The molecule has 0 radical (unpaired) electrons. The van der Waals surface area contributed by atoms with E-state index in [9.17, 15) is 9.59 Å². The Labute approximate surface area is 109 Å². The maximum atomic E-state index is 11.6. The fourth-order valence-corrected chi connectivity index (χ4v) is 3.63. The Morgan fingerprint density at radius 1 is 1.28 bits per heavy atom. The smallest absolute Gasteiger partial charge is 0.305 e. The van der Waals surface area contributed by atoms with Gasteiger partial charge in [-0.3, -0.25) is 9.78 Å². The number of nitrogens with zero attached hydrogens (tertiary/aromatic N) is 2. The molecular formula is C10H6N4O2S2. The van der Waals surface area contributed by atoms with Crippen LogP contribution in [0.15, 0.2) is 13.8 Å². The minimum atomic E-state index is -0.629. The van der Waals surface area contributed by atoms with Crippen molar-refractivity contribution in [3.05, 3.63) is 26.4 Å². The van der Waals surface area contributed by atoms with Crippen molar-refractivity contribution in [2.75, 3.05) is 5.75 Å². The second-order valence-electron chi connectivity index (χ2n) is 3.25. The number of hydrogen-bond acceptors (Lipinski definition) is 6. The molecule has 0 aliphatic rings. The first-order valence-corrected chi connectivity index (χ1v) is 6.66. The SMILES string of the molecule is N#CCCSc1sc2c(=O)[nH]c(=O)[nH]c2c1C#N. The van der Waals surface area contributed by atoms with Gasteiger partial charge in [-0.1, -0.05) is 0 Å². The van der Waals surface area contributed by atoms with Gasteiger partial charge in [0.05, 0.1) is 15.8 Å². The van der Waals surface area contributed by atoms with E-state index in [4.69, 9.17) is 10.5 Å². The van der Waals surface area contributed by atoms with Crippen LogP contribution in [0.3, 0.4) is 0 Å². The zero-order valence-corrected chi connectivity index (χ0v) is 10.6. The lowest BCUT2D eigenvalue weighted by Gasteiger charge is -1.93. The molecule has 0 unspecified atom stereocenters. The van der Waals surface area contributed by atoms with Crippen molar-refractivity contribution in [2.24, 2.45) is 0 Å². The van der Waals surface area contributed by atoms with Crippen LogP contribution in [0, 0.1) is 22.7 Å². The van der Waals surface area contributed by atoms with E-state index in [-0.39, 0.29) is 5.52 Å². The first-order chi connectivity index (χ1) is 8.67. The van der Waals surface area contributed by atoms with Crippen LogP contribution in [-0.4, -0.2) is 15.7 Å². The molecule has 8 heteroatoms. The van der Waals surface area contributed by atoms with Gasteiger partial charge in [-0.15, -0.1) is 23.1 Å². The van der Waals surface area contributed by atoms with E-state index < -0.39 is 11.2 Å². The summed E-state index contributed by atoms with van der Waals surface area (Å²) in [5.41, 5.74) is -0.561. The van der Waals surface area contributed by atoms with Crippen LogP contribution < -0.4 is 11.2 Å². The fraction of sp³-hybridized carbons (Fsp3) is 0.200. The number of rotatable bonds is 3. The third kappa shape index (κ3) is 2.16. The van der Waals surface area contributed by atoms with Crippen LogP contribution in [0.2, 0.25) is 0 Å². The van der Waals surface area contributed by atoms with Crippen LogP contribution in [0.5, 0.6) is 0 Å². The Hall–Kier alpha value is -2.03. The van der Waals surface area contributed by atoms with Crippen molar-refractivity contribution in [3.63, 3.8) is 0 Å². The molecule has 0 fully saturated rings. The molecule has 0 saturated heterocycles. The molecule has 2 aromatic heterocycles. The number of aromatic nitrogens is 2. The lowest BCUT2D eigenvalue weighted by Crippen LogP contribution is -2.20. The van der Waals surface area contributed by atoms with Gasteiger partial charge in [0.2, 0.25) is 0 Å². The molecule has 2 heterocycles. The summed E-state index contributed by atoms with van der Waals surface area (Å²) in [6.45, 7) is 0. The van der Waals surface area contributed by atoms with Crippen molar-refractivity contribution < 1.29 is 0 Å². The Morgan fingerprint density at radius 2 is 2.06 bits per heavy atom. The summed E-state index contributed by atoms with van der Waals surface area (Å²) in [7, 11) is 0. The van der Waals surface area contributed by atoms with Crippen LogP contribution in [0.1, 0.15) is 12.0 Å². The van der Waals surface area contributed by atoms with Crippen molar-refractivity contribution in [2.45, 2.75) is 10.6 Å². The normalized spacial score (nSPS) is 10.1. The largest absolute Gasteiger partial charge is 0.326 e. The standard InChI is InChI=1S/C10H6N4O2S2/c11-2-1-3-17-9-5(4-12)6-7(18-9)8(15)14-10(16)13-6/h1,3H2,(H2,13,14,15,16). The molecule has 0 aliphatic heterocycles. The van der Waals surface area contributed by atoms with Gasteiger partial charge in [0.25, 0.3) is 5.56 Å². The predicted octanol–water partition coefficient (Wildman–Crippen LogP) is 1.16. The topological polar surface area (TPSA) is 113 Å². The maximum Gasteiger partial charge on any atom is 0.326 e. The lowest BCUT2D eigenvalue weighted by atomic mass is 10.3. The van der Waals surface area contributed by atoms with E-state index in [1.807, 2.05) is 12.1 Å². The maximum absolute atomic E-state index is 11.6. The highest BCUT2D eigenvalue weighted by atomic mass is 32.2. The average Bonchev–Trinajstić information content (AvgIpc) is 2.67. The third-order valence-electron chi connectivity index (χ3n) is 2.11. The molecule has 0 amide bonds. The van der Waals surface area contributed by atoms with E-state index in [1.54, 1.807) is 0 Å². The predicted molar refractivity (Wildman–Crippen MR) is 68.7 cm³/mol. The molecule has 2 N–H and O–H groups in total. The number of fused-ring (bicyclic) bond motifs is 1. The summed E-state index contributed by atoms with van der Waals surface area (Å²) >= 11 is 2.49. The van der Waals surface area contributed by atoms with E-state index in [0.29, 0.717) is 26.6 Å². The molecule has 2 aromatic rings. The molecule has 0 saturated carbocycles. The summed E-state index contributed by atoms with van der Waals surface area (Å²) in [6, 6.07) is 3.99. The second-order valence-corrected chi connectivity index (χ2v) is 5.63. The second kappa shape index (κ2) is 5.08. The zero-order chi connectivity index (χ0) is 13.1. The van der Waals surface area contributed by atoms with Gasteiger partial charge in [-0.25, -0.2) is 4.79 Å². The molecular weight excluding hydrogens is 272 g/mol. The van der Waals surface area contributed by atoms with E-state index in [1.165, 1.54) is 11.8 Å². The number of nitriles is 2. The highest BCUT2D eigenvalue weighted by molar-refractivity contribution is 8.01. The number of thioether (sulfide) groups is 1. The summed E-state index contributed by atoms with van der Waals surface area (Å²) in [6.07, 6.45) is 0.358. The Bertz CT molecular complexity index is 787. The van der Waals surface area contributed by atoms with Crippen molar-refractivity contribution >= 4 is 33.3 Å². The zero-order valence-electron chi connectivity index (χ0n) is 8.94. The van der Waals surface area contributed by atoms with Gasteiger partial charge in [0, 0.05) is 12.2 Å². The minimum absolute atomic E-state index is 0.274. The fourth-order valence-electron chi connectivity index (χ4n) is 1.39. The summed E-state index contributed by atoms with van der Waals surface area (Å²) in [4.78, 5) is 27.3. The van der Waals surface area contributed by atoms with Crippen molar-refractivity contribution in [3.8, 4) is 12.1 Å². The minimum Gasteiger partial charge on any atom is -0.305 e.